The highest BCUT2D eigenvalue weighted by Gasteiger charge is 2.23. The van der Waals surface area contributed by atoms with Crippen molar-refractivity contribution in [2.75, 3.05) is 29.8 Å². The van der Waals surface area contributed by atoms with Crippen LogP contribution in [0, 0.1) is 0 Å². The molecule has 0 bridgehead atoms. The highest BCUT2D eigenvalue weighted by molar-refractivity contribution is 7.92. The number of nitrogens with zero attached hydrogens (tertiary/aromatic N) is 1. The molecule has 152 valence electrons. The topological polar surface area (TPSA) is 70.7 Å². The number of methoxy groups -OCH3 is 1. The Balaban J connectivity index is 1.93. The van der Waals surface area contributed by atoms with Crippen molar-refractivity contribution in [3.05, 3.63) is 46.4 Å². The molecule has 0 unspecified atom stereocenters. The fourth-order valence-corrected chi connectivity index (χ4v) is 4.81. The summed E-state index contributed by atoms with van der Waals surface area (Å²) in [5, 5.41) is 3.95. The van der Waals surface area contributed by atoms with Crippen molar-refractivity contribution in [2.45, 2.75) is 30.8 Å². The molecule has 1 aliphatic heterocycles. The number of hydrogen-bond acceptors (Lipinski definition) is 5. The Morgan fingerprint density at radius 2 is 1.75 bits per heavy atom. The number of anilines is 2. The van der Waals surface area contributed by atoms with Crippen LogP contribution in [0.15, 0.2) is 41.3 Å². The van der Waals surface area contributed by atoms with Crippen molar-refractivity contribution in [1.29, 1.82) is 0 Å². The van der Waals surface area contributed by atoms with Crippen molar-refractivity contribution in [1.82, 2.24) is 5.32 Å². The van der Waals surface area contributed by atoms with Gasteiger partial charge < -0.3 is 15.0 Å². The monoisotopic (exact) mass is 443 g/mol. The van der Waals surface area contributed by atoms with Crippen LogP contribution in [0.4, 0.5) is 11.4 Å². The molecule has 0 aliphatic carbocycles. The van der Waals surface area contributed by atoms with Gasteiger partial charge in [0.25, 0.3) is 10.0 Å². The van der Waals surface area contributed by atoms with E-state index < -0.39 is 10.0 Å². The van der Waals surface area contributed by atoms with Crippen LogP contribution < -0.4 is 19.7 Å². The molecule has 2 N–H and O–H groups in total. The molecule has 2 aromatic carbocycles. The molecule has 1 heterocycles. The van der Waals surface area contributed by atoms with Gasteiger partial charge in [-0.25, -0.2) is 8.42 Å². The van der Waals surface area contributed by atoms with E-state index in [0.717, 1.165) is 18.8 Å². The number of rotatable bonds is 5. The zero-order valence-corrected chi connectivity index (χ0v) is 18.2. The van der Waals surface area contributed by atoms with E-state index in [-0.39, 0.29) is 9.92 Å². The van der Waals surface area contributed by atoms with Gasteiger partial charge in [0, 0.05) is 30.9 Å². The third-order valence-corrected chi connectivity index (χ3v) is 6.65. The van der Waals surface area contributed by atoms with E-state index in [4.69, 9.17) is 27.9 Å². The van der Waals surface area contributed by atoms with Gasteiger partial charge in [0.2, 0.25) is 0 Å². The fraction of sp³-hybridized carbons (Fsp3) is 0.368. The van der Waals surface area contributed by atoms with E-state index >= 15 is 0 Å². The number of piperazine rings is 1. The van der Waals surface area contributed by atoms with Gasteiger partial charge in [0.1, 0.15) is 5.75 Å². The van der Waals surface area contributed by atoms with Gasteiger partial charge in [-0.1, -0.05) is 23.2 Å². The Kier molecular flexibility index (Phi) is 6.29. The minimum absolute atomic E-state index is 0.0266. The number of nitrogens with one attached hydrogen (secondary N) is 2. The summed E-state index contributed by atoms with van der Waals surface area (Å²) in [6, 6.07) is 10.3. The number of ether oxygens (including phenoxy) is 1. The van der Waals surface area contributed by atoms with Gasteiger partial charge in [-0.05, 0) is 50.2 Å². The normalized spacial score (nSPS) is 20.1. The summed E-state index contributed by atoms with van der Waals surface area (Å²) in [6.07, 6.45) is 0. The lowest BCUT2D eigenvalue weighted by Crippen LogP contribution is -2.54. The van der Waals surface area contributed by atoms with Crippen molar-refractivity contribution in [3.63, 3.8) is 0 Å². The van der Waals surface area contributed by atoms with Gasteiger partial charge in [-0.15, -0.1) is 0 Å². The summed E-state index contributed by atoms with van der Waals surface area (Å²) in [5.41, 5.74) is 1.29. The van der Waals surface area contributed by atoms with E-state index in [1.54, 1.807) is 12.1 Å². The van der Waals surface area contributed by atoms with Gasteiger partial charge in [-0.2, -0.15) is 0 Å². The minimum atomic E-state index is -3.86. The van der Waals surface area contributed by atoms with Crippen molar-refractivity contribution in [3.8, 4) is 5.75 Å². The molecule has 3 rings (SSSR count). The van der Waals surface area contributed by atoms with E-state index in [2.05, 4.69) is 28.8 Å². The first-order valence-corrected chi connectivity index (χ1v) is 11.1. The molecule has 1 aliphatic rings. The van der Waals surface area contributed by atoms with Crippen molar-refractivity contribution >= 4 is 44.6 Å². The van der Waals surface area contributed by atoms with Gasteiger partial charge in [-0.3, -0.25) is 4.72 Å². The Morgan fingerprint density at radius 1 is 1.07 bits per heavy atom. The smallest absolute Gasteiger partial charge is 0.262 e. The lowest BCUT2D eigenvalue weighted by Gasteiger charge is -2.38. The lowest BCUT2D eigenvalue weighted by molar-refractivity contribution is 0.406. The van der Waals surface area contributed by atoms with Crippen LogP contribution in [-0.2, 0) is 10.0 Å². The predicted octanol–water partition coefficient (Wildman–Crippen LogP) is 3.99. The molecule has 0 radical (unpaired) electrons. The number of halogens is 2. The molecular formula is C19H23Cl2N3O3S. The summed E-state index contributed by atoms with van der Waals surface area (Å²) in [7, 11) is -2.36. The maximum Gasteiger partial charge on any atom is 0.262 e. The Labute approximate surface area is 175 Å². The molecule has 0 saturated carbocycles. The second kappa shape index (κ2) is 8.37. The number of benzene rings is 2. The molecular weight excluding hydrogens is 421 g/mol. The Bertz CT molecular complexity index is 959. The molecule has 0 aromatic heterocycles. The van der Waals surface area contributed by atoms with Gasteiger partial charge in [0.05, 0.1) is 27.7 Å². The van der Waals surface area contributed by atoms with Crippen molar-refractivity contribution in [2.24, 2.45) is 0 Å². The quantitative estimate of drug-likeness (QED) is 0.730. The second-order valence-corrected chi connectivity index (χ2v) is 9.44. The maximum absolute atomic E-state index is 12.8. The molecule has 0 amide bonds. The standard InChI is InChI=1S/C19H23Cl2N3O3S/c1-12-10-24(11-13(2)22-12)14-4-7-19(27-3)18(8-14)23-28(25,26)15-5-6-16(20)17(21)9-15/h4-9,12-13,22-23H,10-11H2,1-3H3/t12-,13+. The van der Waals surface area contributed by atoms with Crippen LogP contribution in [-0.4, -0.2) is 40.7 Å². The molecule has 1 fully saturated rings. The van der Waals surface area contributed by atoms with Gasteiger partial charge >= 0.3 is 0 Å². The zero-order chi connectivity index (χ0) is 20.5. The highest BCUT2D eigenvalue weighted by Crippen LogP contribution is 2.33. The van der Waals surface area contributed by atoms with Crippen LogP contribution in [0.5, 0.6) is 5.75 Å². The summed E-state index contributed by atoms with van der Waals surface area (Å²) in [6.45, 7) is 5.91. The first kappa shape index (κ1) is 21.0. The SMILES string of the molecule is COc1ccc(N2C[C@@H](C)N[C@@H](C)C2)cc1NS(=O)(=O)c1ccc(Cl)c(Cl)c1. The molecule has 2 atom stereocenters. The van der Waals surface area contributed by atoms with Gasteiger partial charge in [0.15, 0.2) is 0 Å². The molecule has 6 nitrogen and oxygen atoms in total. The predicted molar refractivity (Wildman–Crippen MR) is 115 cm³/mol. The van der Waals surface area contributed by atoms with E-state index in [1.807, 2.05) is 6.07 Å². The van der Waals surface area contributed by atoms with Crippen LogP contribution in [0.1, 0.15) is 13.8 Å². The average molecular weight is 444 g/mol. The minimum Gasteiger partial charge on any atom is -0.495 e. The van der Waals surface area contributed by atoms with E-state index in [1.165, 1.54) is 25.3 Å². The molecule has 9 heteroatoms. The molecule has 1 saturated heterocycles. The largest absolute Gasteiger partial charge is 0.495 e. The lowest BCUT2D eigenvalue weighted by atomic mass is 10.1. The van der Waals surface area contributed by atoms with Crippen LogP contribution >= 0.6 is 23.2 Å². The fourth-order valence-electron chi connectivity index (χ4n) is 3.36. The average Bonchev–Trinajstić information content (AvgIpc) is 2.62. The van der Waals surface area contributed by atoms with Crippen LogP contribution in [0.2, 0.25) is 10.0 Å². The third-order valence-electron chi connectivity index (χ3n) is 4.55. The van der Waals surface area contributed by atoms with E-state index in [0.29, 0.717) is 28.5 Å². The first-order chi connectivity index (χ1) is 13.2. The third kappa shape index (κ3) is 4.66. The molecule has 0 spiro atoms. The zero-order valence-electron chi connectivity index (χ0n) is 15.9. The first-order valence-electron chi connectivity index (χ1n) is 8.86. The molecule has 2 aromatic rings. The summed E-state index contributed by atoms with van der Waals surface area (Å²) in [4.78, 5) is 2.25. The number of hydrogen-bond donors (Lipinski definition) is 2. The summed E-state index contributed by atoms with van der Waals surface area (Å²) in [5.74, 6) is 0.434. The molecule has 28 heavy (non-hydrogen) atoms. The summed E-state index contributed by atoms with van der Waals surface area (Å²) < 4.78 is 33.6. The van der Waals surface area contributed by atoms with E-state index in [9.17, 15) is 8.42 Å². The number of sulfonamides is 1. The second-order valence-electron chi connectivity index (χ2n) is 6.94. The van der Waals surface area contributed by atoms with Crippen LogP contribution in [0.25, 0.3) is 0 Å². The summed E-state index contributed by atoms with van der Waals surface area (Å²) >= 11 is 11.9. The maximum atomic E-state index is 12.8. The Morgan fingerprint density at radius 3 is 2.36 bits per heavy atom. The van der Waals surface area contributed by atoms with Crippen LogP contribution in [0.3, 0.4) is 0 Å². The Hall–Kier alpha value is -1.67. The highest BCUT2D eigenvalue weighted by atomic mass is 35.5. The van der Waals surface area contributed by atoms with Crippen molar-refractivity contribution < 1.29 is 13.2 Å².